The molecule has 0 bridgehead atoms. The zero-order valence-electron chi connectivity index (χ0n) is 7.13. The van der Waals surface area contributed by atoms with E-state index in [1.807, 2.05) is 13.0 Å². The van der Waals surface area contributed by atoms with Gasteiger partial charge in [-0.1, -0.05) is 35.0 Å². The van der Waals surface area contributed by atoms with E-state index in [0.717, 1.165) is 5.69 Å². The van der Waals surface area contributed by atoms with E-state index in [4.69, 9.17) is 47.0 Å². The predicted molar refractivity (Wildman–Crippen MR) is 65.8 cm³/mol. The molecule has 0 spiro atoms. The van der Waals surface area contributed by atoms with Gasteiger partial charge in [0.1, 0.15) is 4.71 Å². The summed E-state index contributed by atoms with van der Waals surface area (Å²) in [6.07, 6.45) is 1.69. The molecule has 0 aliphatic carbocycles. The number of hydrogen-bond acceptors (Lipinski definition) is 3. The Balaban J connectivity index is 0.000000146. The van der Waals surface area contributed by atoms with E-state index in [1.165, 1.54) is 11.8 Å². The molecule has 14 heavy (non-hydrogen) atoms. The van der Waals surface area contributed by atoms with Crippen molar-refractivity contribution in [2.24, 2.45) is 0 Å². The molecule has 1 N–H and O–H groups in total. The maximum Gasteiger partial charge on any atom is 0.196 e. The van der Waals surface area contributed by atoms with Crippen LogP contribution in [0.25, 0.3) is 0 Å². The Bertz CT molecular complexity index is 366. The summed E-state index contributed by atoms with van der Waals surface area (Å²) in [5.74, 6) is 0. The Labute approximate surface area is 106 Å². The lowest BCUT2D eigenvalue weighted by molar-refractivity contribution is 1.07. The molecule has 2 heterocycles. The van der Waals surface area contributed by atoms with Crippen molar-refractivity contribution in [1.29, 1.82) is 0 Å². The van der Waals surface area contributed by atoms with E-state index in [-0.39, 0.29) is 4.71 Å². The van der Waals surface area contributed by atoms with Crippen LogP contribution in [-0.4, -0.2) is 18.3 Å². The van der Waals surface area contributed by atoms with E-state index in [0.29, 0.717) is 4.77 Å². The fourth-order valence-electron chi connectivity index (χ4n) is 0.563. The summed E-state index contributed by atoms with van der Waals surface area (Å²) >= 11 is 22.2. The Hall–Kier alpha value is 0.520. The minimum atomic E-state index is -0.665. The van der Waals surface area contributed by atoms with Gasteiger partial charge in [0, 0.05) is 11.9 Å². The normalized spacial score (nSPS) is 22.1. The highest BCUT2D eigenvalue weighted by molar-refractivity contribution is 8.13. The average molecular weight is 290 g/mol. The molecule has 1 fully saturated rings. The van der Waals surface area contributed by atoms with Gasteiger partial charge in [0.25, 0.3) is 0 Å². The van der Waals surface area contributed by atoms with Crippen LogP contribution >= 0.6 is 58.8 Å². The van der Waals surface area contributed by atoms with E-state index in [2.05, 4.69) is 9.97 Å². The van der Waals surface area contributed by atoms with Gasteiger partial charge in [0.15, 0.2) is 8.44 Å². The number of nitrogens with one attached hydrogen (secondary N) is 1. The minimum absolute atomic E-state index is 0.0826. The molecule has 1 aliphatic rings. The van der Waals surface area contributed by atoms with Gasteiger partial charge in [-0.05, 0) is 25.2 Å². The quantitative estimate of drug-likeness (QED) is 0.446. The van der Waals surface area contributed by atoms with Gasteiger partial charge < -0.3 is 4.98 Å². The standard InChI is InChI=1S/C5H6N2S.C2HCl3S/c1-4-2-3-6-5(8)7-4;3-1-2(4,5)6-1/h2-3H,1H3,(H,6,7,8);1H. The Kier molecular flexibility index (Phi) is 4.53. The van der Waals surface area contributed by atoms with Crippen LogP contribution in [0.5, 0.6) is 0 Å². The van der Waals surface area contributed by atoms with Crippen LogP contribution in [0, 0.1) is 11.7 Å². The van der Waals surface area contributed by atoms with Crippen LogP contribution in [0.4, 0.5) is 0 Å². The molecular formula is C7H7Cl3N2S2. The Morgan fingerprint density at radius 1 is 1.64 bits per heavy atom. The highest BCUT2D eigenvalue weighted by Crippen LogP contribution is 2.62. The van der Waals surface area contributed by atoms with Crippen molar-refractivity contribution >= 4 is 58.8 Å². The summed E-state index contributed by atoms with van der Waals surface area (Å²) in [4.78, 5) is 6.67. The number of rotatable bonds is 0. The van der Waals surface area contributed by atoms with Crippen molar-refractivity contribution in [2.45, 2.75) is 15.3 Å². The predicted octanol–water partition coefficient (Wildman–Crippen LogP) is 3.88. The first-order valence-electron chi connectivity index (χ1n) is 3.63. The highest BCUT2D eigenvalue weighted by Gasteiger charge is 2.52. The number of thioether (sulfide) groups is 1. The second-order valence-corrected chi connectivity index (χ2v) is 6.82. The summed E-state index contributed by atoms with van der Waals surface area (Å²) in [5.41, 5.74) is 1.05. The molecule has 0 aromatic carbocycles. The van der Waals surface area contributed by atoms with Gasteiger partial charge >= 0.3 is 0 Å². The van der Waals surface area contributed by atoms with Crippen LogP contribution in [0.15, 0.2) is 12.3 Å². The average Bonchev–Trinajstić information content (AvgIpc) is 2.56. The number of hydrogen-bond donors (Lipinski definition) is 1. The second kappa shape index (κ2) is 5.03. The molecule has 2 nitrogen and oxygen atoms in total. The van der Waals surface area contributed by atoms with E-state index in [9.17, 15) is 0 Å². The zero-order chi connectivity index (χ0) is 10.8. The molecule has 1 unspecified atom stereocenters. The van der Waals surface area contributed by atoms with Crippen LogP contribution in [0.3, 0.4) is 0 Å². The number of alkyl halides is 3. The molecule has 2 rings (SSSR count). The van der Waals surface area contributed by atoms with Gasteiger partial charge in [-0.3, -0.25) is 0 Å². The summed E-state index contributed by atoms with van der Waals surface area (Å²) in [6.45, 7) is 1.94. The lowest BCUT2D eigenvalue weighted by Gasteiger charge is -1.86. The van der Waals surface area contributed by atoms with Gasteiger partial charge in [-0.2, -0.15) is 0 Å². The maximum absolute atomic E-state index is 5.39. The smallest absolute Gasteiger partial charge is 0.196 e. The van der Waals surface area contributed by atoms with Gasteiger partial charge in [-0.25, -0.2) is 4.98 Å². The summed E-state index contributed by atoms with van der Waals surface area (Å²) in [5, 5.41) is 0. The summed E-state index contributed by atoms with van der Waals surface area (Å²) in [6, 6.07) is 1.87. The third-order valence-electron chi connectivity index (χ3n) is 1.29. The topological polar surface area (TPSA) is 28.7 Å². The van der Waals surface area contributed by atoms with Crippen molar-refractivity contribution in [1.82, 2.24) is 9.97 Å². The summed E-state index contributed by atoms with van der Waals surface area (Å²) in [7, 11) is 0. The number of aromatic nitrogens is 2. The lowest BCUT2D eigenvalue weighted by Crippen LogP contribution is -1.83. The molecule has 7 heteroatoms. The van der Waals surface area contributed by atoms with Crippen LogP contribution in [-0.2, 0) is 0 Å². The molecule has 1 aliphatic heterocycles. The van der Waals surface area contributed by atoms with E-state index in [1.54, 1.807) is 6.20 Å². The van der Waals surface area contributed by atoms with Gasteiger partial charge in [0.2, 0.25) is 0 Å². The lowest BCUT2D eigenvalue weighted by atomic mass is 10.5. The first kappa shape index (κ1) is 12.6. The van der Waals surface area contributed by atoms with Crippen LogP contribution < -0.4 is 0 Å². The third-order valence-corrected chi connectivity index (χ3v) is 4.53. The third kappa shape index (κ3) is 4.36. The Morgan fingerprint density at radius 3 is 2.36 bits per heavy atom. The fraction of sp³-hybridized carbons (Fsp3) is 0.429. The van der Waals surface area contributed by atoms with Crippen molar-refractivity contribution in [2.75, 3.05) is 0 Å². The molecular weight excluding hydrogens is 283 g/mol. The Morgan fingerprint density at radius 2 is 2.14 bits per heavy atom. The maximum atomic E-state index is 5.39. The first-order valence-corrected chi connectivity index (χ1v) is 6.11. The van der Waals surface area contributed by atoms with Crippen LogP contribution in [0.1, 0.15) is 5.69 Å². The number of halogens is 3. The van der Waals surface area contributed by atoms with Crippen LogP contribution in [0.2, 0.25) is 0 Å². The largest absolute Gasteiger partial charge is 0.335 e. The number of aryl methyl sites for hydroxylation is 1. The summed E-state index contributed by atoms with van der Waals surface area (Å²) < 4.78 is -0.201. The number of nitrogens with zero attached hydrogens (tertiary/aromatic N) is 1. The van der Waals surface area contributed by atoms with Crippen molar-refractivity contribution in [3.05, 3.63) is 22.7 Å². The molecule has 1 aromatic rings. The molecule has 1 aromatic heterocycles. The highest BCUT2D eigenvalue weighted by atomic mass is 35.5. The van der Waals surface area contributed by atoms with Gasteiger partial charge in [-0.15, -0.1) is 11.6 Å². The van der Waals surface area contributed by atoms with Gasteiger partial charge in [0.05, 0.1) is 0 Å². The SMILES string of the molecule is Cc1ccnc(=S)[nH]1.ClC1SC1(Cl)Cl. The van der Waals surface area contributed by atoms with Crippen molar-refractivity contribution in [3.8, 4) is 0 Å². The monoisotopic (exact) mass is 288 g/mol. The van der Waals surface area contributed by atoms with E-state index < -0.39 is 3.67 Å². The van der Waals surface area contributed by atoms with Crippen molar-refractivity contribution < 1.29 is 0 Å². The molecule has 1 atom stereocenters. The molecule has 78 valence electrons. The molecule has 1 saturated heterocycles. The molecule has 0 saturated carbocycles. The van der Waals surface area contributed by atoms with Crippen molar-refractivity contribution in [3.63, 3.8) is 0 Å². The fourth-order valence-corrected chi connectivity index (χ4v) is 2.22. The first-order chi connectivity index (χ1) is 6.42. The second-order valence-electron chi connectivity index (χ2n) is 2.55. The minimum Gasteiger partial charge on any atom is -0.335 e. The molecule has 0 amide bonds. The number of H-pyrrole nitrogens is 1. The van der Waals surface area contributed by atoms with E-state index >= 15 is 0 Å². The molecule has 0 radical (unpaired) electrons. The number of aromatic amines is 1. The zero-order valence-corrected chi connectivity index (χ0v) is 11.0.